The second kappa shape index (κ2) is 6.40. The van der Waals surface area contributed by atoms with E-state index in [0.29, 0.717) is 11.5 Å². The minimum absolute atomic E-state index is 0.0145. The first kappa shape index (κ1) is 15.4. The molecule has 4 nitrogen and oxygen atoms in total. The van der Waals surface area contributed by atoms with Crippen molar-refractivity contribution in [3.8, 4) is 11.5 Å². The van der Waals surface area contributed by atoms with Gasteiger partial charge in [-0.05, 0) is 61.6 Å². The summed E-state index contributed by atoms with van der Waals surface area (Å²) in [6.45, 7) is 2.16. The van der Waals surface area contributed by atoms with E-state index in [9.17, 15) is 4.79 Å². The van der Waals surface area contributed by atoms with Crippen LogP contribution in [0.1, 0.15) is 24.5 Å². The Morgan fingerprint density at radius 3 is 2.83 bits per heavy atom. The van der Waals surface area contributed by atoms with E-state index in [0.717, 1.165) is 17.0 Å². The molecule has 0 bridgehead atoms. The second-order valence-electron chi connectivity index (χ2n) is 6.10. The van der Waals surface area contributed by atoms with Crippen LogP contribution in [-0.4, -0.2) is 18.0 Å². The van der Waals surface area contributed by atoms with Gasteiger partial charge in [0, 0.05) is 16.6 Å². The molecule has 1 N–H and O–H groups in total. The van der Waals surface area contributed by atoms with Gasteiger partial charge in [-0.1, -0.05) is 6.07 Å². The zero-order valence-electron chi connectivity index (χ0n) is 13.5. The molecule has 4 rings (SSSR count). The summed E-state index contributed by atoms with van der Waals surface area (Å²) < 4.78 is 10.6. The van der Waals surface area contributed by atoms with Gasteiger partial charge in [0.05, 0.1) is 5.25 Å². The van der Waals surface area contributed by atoms with Crippen molar-refractivity contribution in [3.05, 3.63) is 47.5 Å². The molecule has 0 fully saturated rings. The minimum atomic E-state index is -0.171. The van der Waals surface area contributed by atoms with Crippen molar-refractivity contribution in [2.75, 3.05) is 12.1 Å². The molecule has 24 heavy (non-hydrogen) atoms. The topological polar surface area (TPSA) is 47.6 Å². The van der Waals surface area contributed by atoms with Crippen LogP contribution in [0.4, 0.5) is 5.69 Å². The Labute approximate surface area is 145 Å². The molecule has 1 heterocycles. The first-order valence-electron chi connectivity index (χ1n) is 8.18. The highest BCUT2D eigenvalue weighted by Gasteiger charge is 2.19. The molecule has 2 aromatic rings. The zero-order valence-corrected chi connectivity index (χ0v) is 14.3. The van der Waals surface area contributed by atoms with E-state index in [1.54, 1.807) is 17.8 Å². The number of aryl methyl sites for hydroxylation is 2. The van der Waals surface area contributed by atoms with Crippen LogP contribution >= 0.6 is 11.8 Å². The van der Waals surface area contributed by atoms with Gasteiger partial charge in [-0.2, -0.15) is 0 Å². The summed E-state index contributed by atoms with van der Waals surface area (Å²) in [6, 6.07) is 12.0. The number of benzene rings is 2. The normalized spacial score (nSPS) is 15.9. The van der Waals surface area contributed by atoms with Gasteiger partial charge in [0.1, 0.15) is 0 Å². The minimum Gasteiger partial charge on any atom is -0.454 e. The van der Waals surface area contributed by atoms with Crippen molar-refractivity contribution in [3.63, 3.8) is 0 Å². The van der Waals surface area contributed by atoms with Crippen molar-refractivity contribution < 1.29 is 14.3 Å². The molecule has 2 aromatic carbocycles. The summed E-state index contributed by atoms with van der Waals surface area (Å²) in [4.78, 5) is 13.6. The van der Waals surface area contributed by atoms with Gasteiger partial charge in [-0.15, -0.1) is 11.8 Å². The van der Waals surface area contributed by atoms with Crippen LogP contribution in [0.25, 0.3) is 0 Å². The molecule has 1 aliphatic carbocycles. The van der Waals surface area contributed by atoms with Crippen LogP contribution in [0.2, 0.25) is 0 Å². The van der Waals surface area contributed by atoms with Crippen LogP contribution in [0.3, 0.4) is 0 Å². The fourth-order valence-corrected chi connectivity index (χ4v) is 4.03. The van der Waals surface area contributed by atoms with E-state index in [4.69, 9.17) is 9.47 Å². The van der Waals surface area contributed by atoms with Crippen LogP contribution in [0.15, 0.2) is 41.3 Å². The SMILES string of the molecule is C[C@@H](Sc1ccc2c(c1)CCC2)C(=O)Nc1ccc2c(c1)OCO2. The lowest BCUT2D eigenvalue weighted by molar-refractivity contribution is -0.115. The molecule has 0 saturated heterocycles. The molecule has 0 radical (unpaired) electrons. The first-order valence-corrected chi connectivity index (χ1v) is 9.06. The van der Waals surface area contributed by atoms with E-state index in [1.165, 1.54) is 24.0 Å². The molecule has 0 aromatic heterocycles. The van der Waals surface area contributed by atoms with Crippen molar-refractivity contribution in [2.45, 2.75) is 36.3 Å². The van der Waals surface area contributed by atoms with E-state index < -0.39 is 0 Å². The Morgan fingerprint density at radius 2 is 1.92 bits per heavy atom. The summed E-state index contributed by atoms with van der Waals surface area (Å²) in [6.07, 6.45) is 3.57. The number of ether oxygens (including phenoxy) is 2. The molecular formula is C19H19NO3S. The van der Waals surface area contributed by atoms with Crippen molar-refractivity contribution in [1.82, 2.24) is 0 Å². The lowest BCUT2D eigenvalue weighted by Gasteiger charge is -2.13. The third-order valence-electron chi connectivity index (χ3n) is 4.39. The molecule has 0 unspecified atom stereocenters. The van der Waals surface area contributed by atoms with Crippen molar-refractivity contribution in [2.24, 2.45) is 0 Å². The van der Waals surface area contributed by atoms with Crippen LogP contribution in [0, 0.1) is 0 Å². The Kier molecular flexibility index (Phi) is 4.10. The predicted octanol–water partition coefficient (Wildman–Crippen LogP) is 4.02. The number of anilines is 1. The smallest absolute Gasteiger partial charge is 0.237 e. The number of amides is 1. The molecular weight excluding hydrogens is 322 g/mol. The molecule has 124 valence electrons. The monoisotopic (exact) mass is 341 g/mol. The summed E-state index contributed by atoms with van der Waals surface area (Å²) in [7, 11) is 0. The average Bonchev–Trinajstić information content (AvgIpc) is 3.22. The first-order chi connectivity index (χ1) is 11.7. The second-order valence-corrected chi connectivity index (χ2v) is 7.52. The zero-order chi connectivity index (χ0) is 16.5. The van der Waals surface area contributed by atoms with Gasteiger partial charge < -0.3 is 14.8 Å². The molecule has 1 aliphatic heterocycles. The van der Waals surface area contributed by atoms with E-state index in [-0.39, 0.29) is 18.0 Å². The number of rotatable bonds is 4. The highest BCUT2D eigenvalue weighted by atomic mass is 32.2. The summed E-state index contributed by atoms with van der Waals surface area (Å²) in [5, 5.41) is 2.78. The predicted molar refractivity (Wildman–Crippen MR) is 95.0 cm³/mol. The Bertz CT molecular complexity index is 790. The molecule has 1 atom stereocenters. The Morgan fingerprint density at radius 1 is 1.08 bits per heavy atom. The van der Waals surface area contributed by atoms with Crippen LogP contribution < -0.4 is 14.8 Å². The number of hydrogen-bond donors (Lipinski definition) is 1. The third-order valence-corrected chi connectivity index (χ3v) is 5.49. The summed E-state index contributed by atoms with van der Waals surface area (Å²) >= 11 is 1.59. The van der Waals surface area contributed by atoms with Gasteiger partial charge in [0.15, 0.2) is 11.5 Å². The quantitative estimate of drug-likeness (QED) is 0.853. The van der Waals surface area contributed by atoms with Gasteiger partial charge in [-0.25, -0.2) is 0 Å². The standard InChI is InChI=1S/C19H19NO3S/c1-12(24-16-7-5-13-3-2-4-14(13)9-16)19(21)20-15-6-8-17-18(10-15)23-11-22-17/h5-10,12H,2-4,11H2,1H3,(H,20,21)/t12-/m1/s1. The fraction of sp³-hybridized carbons (Fsp3) is 0.316. The van der Waals surface area contributed by atoms with E-state index in [1.807, 2.05) is 19.1 Å². The summed E-state index contributed by atoms with van der Waals surface area (Å²) in [5.41, 5.74) is 3.62. The number of carbonyl (C=O) groups excluding carboxylic acids is 1. The maximum atomic E-state index is 12.4. The number of fused-ring (bicyclic) bond motifs is 2. The Balaban J connectivity index is 1.41. The fourth-order valence-electron chi connectivity index (χ4n) is 3.10. The number of nitrogens with one attached hydrogen (secondary N) is 1. The molecule has 1 amide bonds. The van der Waals surface area contributed by atoms with Crippen molar-refractivity contribution >= 4 is 23.4 Å². The lowest BCUT2D eigenvalue weighted by Crippen LogP contribution is -2.22. The number of carbonyl (C=O) groups is 1. The van der Waals surface area contributed by atoms with Crippen molar-refractivity contribution in [1.29, 1.82) is 0 Å². The highest BCUT2D eigenvalue weighted by molar-refractivity contribution is 8.00. The van der Waals surface area contributed by atoms with Gasteiger partial charge in [0.2, 0.25) is 12.7 Å². The number of hydrogen-bond acceptors (Lipinski definition) is 4. The molecule has 0 spiro atoms. The van der Waals surface area contributed by atoms with Crippen LogP contribution in [-0.2, 0) is 17.6 Å². The maximum absolute atomic E-state index is 12.4. The lowest BCUT2D eigenvalue weighted by atomic mass is 10.1. The maximum Gasteiger partial charge on any atom is 0.237 e. The van der Waals surface area contributed by atoms with E-state index in [2.05, 4.69) is 23.5 Å². The molecule has 0 saturated carbocycles. The van der Waals surface area contributed by atoms with Gasteiger partial charge in [0.25, 0.3) is 0 Å². The van der Waals surface area contributed by atoms with Crippen LogP contribution in [0.5, 0.6) is 11.5 Å². The molecule has 5 heteroatoms. The average molecular weight is 341 g/mol. The van der Waals surface area contributed by atoms with E-state index >= 15 is 0 Å². The number of thioether (sulfide) groups is 1. The van der Waals surface area contributed by atoms with Gasteiger partial charge >= 0.3 is 0 Å². The Hall–Kier alpha value is -2.14. The highest BCUT2D eigenvalue weighted by Crippen LogP contribution is 2.35. The summed E-state index contributed by atoms with van der Waals surface area (Å²) in [5.74, 6) is 1.37. The van der Waals surface area contributed by atoms with Gasteiger partial charge in [-0.3, -0.25) is 4.79 Å². The third kappa shape index (κ3) is 3.08. The largest absolute Gasteiger partial charge is 0.454 e. The molecule has 2 aliphatic rings.